The summed E-state index contributed by atoms with van der Waals surface area (Å²) in [5.41, 5.74) is 7.41. The van der Waals surface area contributed by atoms with Crippen LogP contribution in [0.4, 0.5) is 0 Å². The standard InChI is InChI=1S/C22H28N4/c1-4-25-9-11-26(12-10-25)15-18-13-16(2)14-19(17(18)3)22-23-20-7-5-6-8-21(20)24-22/h5-8,13-14H,4,9-12,15H2,1-3H3,(H,23,24). The summed E-state index contributed by atoms with van der Waals surface area (Å²) in [6, 6.07) is 12.8. The van der Waals surface area contributed by atoms with Crippen LogP contribution in [0.1, 0.15) is 23.6 Å². The Morgan fingerprint density at radius 1 is 1.00 bits per heavy atom. The van der Waals surface area contributed by atoms with Crippen molar-refractivity contribution in [1.29, 1.82) is 0 Å². The van der Waals surface area contributed by atoms with Crippen LogP contribution in [0.15, 0.2) is 36.4 Å². The molecule has 2 heterocycles. The van der Waals surface area contributed by atoms with E-state index in [0.29, 0.717) is 0 Å². The molecule has 1 aliphatic heterocycles. The zero-order chi connectivity index (χ0) is 18.1. The van der Waals surface area contributed by atoms with Crippen molar-refractivity contribution in [3.05, 3.63) is 53.1 Å². The van der Waals surface area contributed by atoms with Crippen LogP contribution in [-0.4, -0.2) is 52.5 Å². The summed E-state index contributed by atoms with van der Waals surface area (Å²) in [6.45, 7) is 13.5. The van der Waals surface area contributed by atoms with E-state index in [1.165, 1.54) is 35.3 Å². The first kappa shape index (κ1) is 17.3. The number of aromatic nitrogens is 2. The lowest BCUT2D eigenvalue weighted by atomic mass is 9.98. The highest BCUT2D eigenvalue weighted by Gasteiger charge is 2.18. The van der Waals surface area contributed by atoms with Crippen LogP contribution in [0.25, 0.3) is 22.4 Å². The molecule has 0 amide bonds. The molecule has 0 spiro atoms. The number of rotatable bonds is 4. The van der Waals surface area contributed by atoms with E-state index in [-0.39, 0.29) is 0 Å². The van der Waals surface area contributed by atoms with E-state index in [4.69, 9.17) is 4.98 Å². The second-order valence-corrected chi connectivity index (χ2v) is 7.41. The quantitative estimate of drug-likeness (QED) is 0.774. The summed E-state index contributed by atoms with van der Waals surface area (Å²) in [6.07, 6.45) is 0. The Morgan fingerprint density at radius 2 is 1.73 bits per heavy atom. The van der Waals surface area contributed by atoms with E-state index >= 15 is 0 Å². The molecule has 3 aromatic rings. The summed E-state index contributed by atoms with van der Waals surface area (Å²) in [5, 5.41) is 0. The van der Waals surface area contributed by atoms with Crippen LogP contribution in [0.2, 0.25) is 0 Å². The van der Waals surface area contributed by atoms with Gasteiger partial charge in [-0.3, -0.25) is 4.90 Å². The van der Waals surface area contributed by atoms with Gasteiger partial charge in [0.15, 0.2) is 0 Å². The normalized spacial score (nSPS) is 16.4. The van der Waals surface area contributed by atoms with Gasteiger partial charge < -0.3 is 9.88 Å². The fraction of sp³-hybridized carbons (Fsp3) is 0.409. The molecule has 0 unspecified atom stereocenters. The molecule has 0 bridgehead atoms. The number of aromatic amines is 1. The monoisotopic (exact) mass is 348 g/mol. The number of para-hydroxylation sites is 2. The number of fused-ring (bicyclic) bond motifs is 1. The van der Waals surface area contributed by atoms with Crippen molar-refractivity contribution in [3.63, 3.8) is 0 Å². The number of H-pyrrole nitrogens is 1. The Hall–Kier alpha value is -2.17. The molecule has 4 nitrogen and oxygen atoms in total. The van der Waals surface area contributed by atoms with Crippen LogP contribution < -0.4 is 0 Å². The van der Waals surface area contributed by atoms with Gasteiger partial charge in [-0.1, -0.05) is 30.7 Å². The maximum absolute atomic E-state index is 4.82. The summed E-state index contributed by atoms with van der Waals surface area (Å²) in [5.74, 6) is 0.976. The summed E-state index contributed by atoms with van der Waals surface area (Å²) >= 11 is 0. The van der Waals surface area contributed by atoms with E-state index in [0.717, 1.165) is 43.0 Å². The molecule has 1 saturated heterocycles. The topological polar surface area (TPSA) is 35.2 Å². The fourth-order valence-corrected chi connectivity index (χ4v) is 3.93. The molecular formula is C22H28N4. The third-order valence-corrected chi connectivity index (χ3v) is 5.61. The molecule has 4 heteroatoms. The van der Waals surface area contributed by atoms with Gasteiger partial charge in [0, 0.05) is 38.3 Å². The number of aryl methyl sites for hydroxylation is 1. The summed E-state index contributed by atoms with van der Waals surface area (Å²) < 4.78 is 0. The maximum atomic E-state index is 4.82. The number of likely N-dealkylation sites (N-methyl/N-ethyl adjacent to an activating group) is 1. The van der Waals surface area contributed by atoms with E-state index in [2.05, 4.69) is 65.9 Å². The van der Waals surface area contributed by atoms with E-state index in [9.17, 15) is 0 Å². The van der Waals surface area contributed by atoms with Crippen LogP contribution in [0.3, 0.4) is 0 Å². The first-order chi connectivity index (χ1) is 12.6. The van der Waals surface area contributed by atoms with Gasteiger partial charge >= 0.3 is 0 Å². The molecule has 1 fully saturated rings. The Morgan fingerprint density at radius 3 is 2.46 bits per heavy atom. The predicted octanol–water partition coefficient (Wildman–Crippen LogP) is 3.98. The van der Waals surface area contributed by atoms with Crippen molar-refractivity contribution in [2.24, 2.45) is 0 Å². The molecule has 4 rings (SSSR count). The van der Waals surface area contributed by atoms with Crippen molar-refractivity contribution in [3.8, 4) is 11.4 Å². The number of nitrogens with one attached hydrogen (secondary N) is 1. The SMILES string of the molecule is CCN1CCN(Cc2cc(C)cc(-c3nc4ccccc4[nH]3)c2C)CC1. The highest BCUT2D eigenvalue weighted by atomic mass is 15.3. The molecule has 0 radical (unpaired) electrons. The van der Waals surface area contributed by atoms with Crippen LogP contribution in [0, 0.1) is 13.8 Å². The van der Waals surface area contributed by atoms with Crippen LogP contribution >= 0.6 is 0 Å². The maximum Gasteiger partial charge on any atom is 0.138 e. The molecule has 26 heavy (non-hydrogen) atoms. The first-order valence-electron chi connectivity index (χ1n) is 9.64. The molecule has 136 valence electrons. The van der Waals surface area contributed by atoms with Gasteiger partial charge in [-0.2, -0.15) is 0 Å². The zero-order valence-corrected chi connectivity index (χ0v) is 16.0. The Kier molecular flexibility index (Phi) is 4.79. The van der Waals surface area contributed by atoms with Gasteiger partial charge in [-0.25, -0.2) is 4.98 Å². The molecule has 1 N–H and O–H groups in total. The Labute approximate surface area is 155 Å². The van der Waals surface area contributed by atoms with Crippen molar-refractivity contribution in [1.82, 2.24) is 19.8 Å². The smallest absolute Gasteiger partial charge is 0.138 e. The van der Waals surface area contributed by atoms with Crippen molar-refractivity contribution in [2.45, 2.75) is 27.3 Å². The number of piperazine rings is 1. The molecule has 2 aromatic carbocycles. The number of nitrogens with zero attached hydrogens (tertiary/aromatic N) is 3. The molecule has 0 saturated carbocycles. The van der Waals surface area contributed by atoms with Gasteiger partial charge in [-0.15, -0.1) is 0 Å². The minimum atomic E-state index is 0.976. The minimum Gasteiger partial charge on any atom is -0.338 e. The van der Waals surface area contributed by atoms with Gasteiger partial charge in [0.25, 0.3) is 0 Å². The molecule has 0 atom stereocenters. The van der Waals surface area contributed by atoms with Gasteiger partial charge in [0.2, 0.25) is 0 Å². The third-order valence-electron chi connectivity index (χ3n) is 5.61. The molecular weight excluding hydrogens is 320 g/mol. The van der Waals surface area contributed by atoms with E-state index < -0.39 is 0 Å². The number of hydrogen-bond donors (Lipinski definition) is 1. The van der Waals surface area contributed by atoms with Gasteiger partial charge in [-0.05, 0) is 49.7 Å². The predicted molar refractivity (Wildman–Crippen MR) is 108 cm³/mol. The lowest BCUT2D eigenvalue weighted by Crippen LogP contribution is -2.45. The molecule has 1 aliphatic rings. The minimum absolute atomic E-state index is 0.976. The Balaban J connectivity index is 1.63. The number of benzene rings is 2. The lowest BCUT2D eigenvalue weighted by Gasteiger charge is -2.34. The fourth-order valence-electron chi connectivity index (χ4n) is 3.93. The zero-order valence-electron chi connectivity index (χ0n) is 16.0. The van der Waals surface area contributed by atoms with Crippen LogP contribution in [0.5, 0.6) is 0 Å². The van der Waals surface area contributed by atoms with E-state index in [1.54, 1.807) is 0 Å². The highest BCUT2D eigenvalue weighted by Crippen LogP contribution is 2.28. The third kappa shape index (κ3) is 3.39. The van der Waals surface area contributed by atoms with Crippen molar-refractivity contribution < 1.29 is 0 Å². The largest absolute Gasteiger partial charge is 0.338 e. The first-order valence-corrected chi connectivity index (χ1v) is 9.64. The second-order valence-electron chi connectivity index (χ2n) is 7.41. The van der Waals surface area contributed by atoms with Crippen molar-refractivity contribution in [2.75, 3.05) is 32.7 Å². The Bertz CT molecular complexity index is 871. The molecule has 0 aliphatic carbocycles. The lowest BCUT2D eigenvalue weighted by molar-refractivity contribution is 0.132. The average molecular weight is 348 g/mol. The molecule has 1 aromatic heterocycles. The van der Waals surface area contributed by atoms with Gasteiger partial charge in [0.05, 0.1) is 11.0 Å². The number of imidazole rings is 1. The van der Waals surface area contributed by atoms with Crippen LogP contribution in [-0.2, 0) is 6.54 Å². The summed E-state index contributed by atoms with van der Waals surface area (Å²) in [4.78, 5) is 13.4. The van der Waals surface area contributed by atoms with E-state index in [1.807, 2.05) is 6.07 Å². The number of hydrogen-bond acceptors (Lipinski definition) is 3. The average Bonchev–Trinajstić information content (AvgIpc) is 3.09. The summed E-state index contributed by atoms with van der Waals surface area (Å²) in [7, 11) is 0. The second kappa shape index (κ2) is 7.22. The van der Waals surface area contributed by atoms with Crippen molar-refractivity contribution >= 4 is 11.0 Å². The van der Waals surface area contributed by atoms with Gasteiger partial charge in [0.1, 0.15) is 5.82 Å². The highest BCUT2D eigenvalue weighted by molar-refractivity contribution is 5.80.